The van der Waals surface area contributed by atoms with E-state index in [1.165, 1.54) is 12.1 Å². The fourth-order valence-electron chi connectivity index (χ4n) is 1.34. The van der Waals surface area contributed by atoms with Crippen molar-refractivity contribution in [1.82, 2.24) is 0 Å². The zero-order chi connectivity index (χ0) is 8.55. The van der Waals surface area contributed by atoms with Crippen LogP contribution in [-0.2, 0) is 0 Å². The van der Waals surface area contributed by atoms with Gasteiger partial charge in [0.2, 0.25) is 0 Å². The van der Waals surface area contributed by atoms with Crippen molar-refractivity contribution in [1.29, 1.82) is 0 Å². The molecule has 0 spiro atoms. The van der Waals surface area contributed by atoms with Crippen LogP contribution in [0.2, 0.25) is 0 Å². The van der Waals surface area contributed by atoms with Gasteiger partial charge in [0.05, 0.1) is 6.61 Å². The van der Waals surface area contributed by atoms with Gasteiger partial charge in [0, 0.05) is 12.0 Å². The molecule has 1 aliphatic heterocycles. The molecule has 12 heavy (non-hydrogen) atoms. The molecule has 2 rings (SSSR count). The van der Waals surface area contributed by atoms with Gasteiger partial charge in [0.1, 0.15) is 17.7 Å². The van der Waals surface area contributed by atoms with Gasteiger partial charge in [-0.25, -0.2) is 4.39 Å². The Labute approximate surface area is 69.6 Å². The van der Waals surface area contributed by atoms with E-state index in [9.17, 15) is 4.39 Å². The Bertz CT molecular complexity index is 299. The van der Waals surface area contributed by atoms with Crippen molar-refractivity contribution >= 4 is 0 Å². The number of aromatic hydroxyl groups is 1. The molecule has 0 bridgehead atoms. The molecular weight excluding hydrogens is 159 g/mol. The van der Waals surface area contributed by atoms with E-state index in [4.69, 9.17) is 9.84 Å². The topological polar surface area (TPSA) is 29.5 Å². The third-order valence-corrected chi connectivity index (χ3v) is 1.96. The van der Waals surface area contributed by atoms with Gasteiger partial charge in [-0.05, 0) is 18.2 Å². The molecule has 0 aliphatic carbocycles. The van der Waals surface area contributed by atoms with E-state index >= 15 is 0 Å². The molecule has 1 aromatic rings. The second kappa shape index (κ2) is 2.66. The first kappa shape index (κ1) is 7.40. The summed E-state index contributed by atoms with van der Waals surface area (Å²) in [7, 11) is 0. The lowest BCUT2D eigenvalue weighted by Gasteiger charge is -2.20. The Kier molecular flexibility index (Phi) is 1.64. The standard InChI is InChI=1S/C9H9FO2/c10-8-3-4-12-9-2-1-6(11)5-7(8)9/h1-2,5,8,11H,3-4H2. The second-order valence-corrected chi connectivity index (χ2v) is 2.83. The summed E-state index contributed by atoms with van der Waals surface area (Å²) in [6, 6.07) is 4.51. The highest BCUT2D eigenvalue weighted by Crippen LogP contribution is 2.36. The van der Waals surface area contributed by atoms with Crippen LogP contribution in [0, 0.1) is 0 Å². The third-order valence-electron chi connectivity index (χ3n) is 1.96. The number of phenolic OH excluding ortho intramolecular Hbond substituents is 1. The Morgan fingerprint density at radius 2 is 2.33 bits per heavy atom. The van der Waals surface area contributed by atoms with Crippen LogP contribution in [0.3, 0.4) is 0 Å². The van der Waals surface area contributed by atoms with Crippen molar-refractivity contribution in [3.05, 3.63) is 23.8 Å². The molecule has 2 nitrogen and oxygen atoms in total. The highest BCUT2D eigenvalue weighted by atomic mass is 19.1. The molecule has 0 saturated carbocycles. The Morgan fingerprint density at radius 3 is 3.17 bits per heavy atom. The number of ether oxygens (including phenoxy) is 1. The molecule has 64 valence electrons. The first-order chi connectivity index (χ1) is 5.77. The number of hydrogen-bond acceptors (Lipinski definition) is 2. The van der Waals surface area contributed by atoms with Gasteiger partial charge < -0.3 is 9.84 Å². The van der Waals surface area contributed by atoms with Crippen LogP contribution in [0.15, 0.2) is 18.2 Å². The summed E-state index contributed by atoms with van der Waals surface area (Å²) in [5.41, 5.74) is 0.459. The maximum Gasteiger partial charge on any atom is 0.132 e. The van der Waals surface area contributed by atoms with Gasteiger partial charge in [-0.1, -0.05) is 0 Å². The SMILES string of the molecule is Oc1ccc2c(c1)C(F)CCO2. The quantitative estimate of drug-likeness (QED) is 0.643. The predicted molar refractivity (Wildman–Crippen MR) is 42.1 cm³/mol. The van der Waals surface area contributed by atoms with Crippen LogP contribution >= 0.6 is 0 Å². The van der Waals surface area contributed by atoms with Gasteiger partial charge in [0.25, 0.3) is 0 Å². The smallest absolute Gasteiger partial charge is 0.132 e. The molecule has 1 atom stereocenters. The average Bonchev–Trinajstić information content (AvgIpc) is 2.07. The summed E-state index contributed by atoms with van der Waals surface area (Å²) in [6.45, 7) is 0.416. The first-order valence-electron chi connectivity index (χ1n) is 3.87. The Balaban J connectivity index is 2.47. The number of phenols is 1. The second-order valence-electron chi connectivity index (χ2n) is 2.83. The van der Waals surface area contributed by atoms with Crippen molar-refractivity contribution in [3.8, 4) is 11.5 Å². The number of fused-ring (bicyclic) bond motifs is 1. The highest BCUT2D eigenvalue weighted by Gasteiger charge is 2.20. The molecule has 0 aromatic heterocycles. The van der Waals surface area contributed by atoms with E-state index in [-0.39, 0.29) is 5.75 Å². The summed E-state index contributed by atoms with van der Waals surface area (Å²) < 4.78 is 18.4. The van der Waals surface area contributed by atoms with E-state index in [1.54, 1.807) is 6.07 Å². The van der Waals surface area contributed by atoms with Crippen molar-refractivity contribution in [2.45, 2.75) is 12.6 Å². The van der Waals surface area contributed by atoms with E-state index in [2.05, 4.69) is 0 Å². The van der Waals surface area contributed by atoms with Crippen LogP contribution in [-0.4, -0.2) is 11.7 Å². The molecule has 0 amide bonds. The van der Waals surface area contributed by atoms with E-state index < -0.39 is 6.17 Å². The minimum atomic E-state index is -0.999. The summed E-state index contributed by atoms with van der Waals surface area (Å²) in [5.74, 6) is 0.633. The molecule has 1 aliphatic rings. The summed E-state index contributed by atoms with van der Waals surface area (Å²) in [6.07, 6.45) is -0.628. The summed E-state index contributed by atoms with van der Waals surface area (Å²) >= 11 is 0. The number of halogens is 1. The van der Waals surface area contributed by atoms with Crippen molar-refractivity contribution in [2.75, 3.05) is 6.61 Å². The molecule has 0 saturated heterocycles. The van der Waals surface area contributed by atoms with Crippen molar-refractivity contribution in [2.24, 2.45) is 0 Å². The van der Waals surface area contributed by atoms with Crippen LogP contribution in [0.25, 0.3) is 0 Å². The van der Waals surface area contributed by atoms with E-state index in [0.29, 0.717) is 24.3 Å². The maximum atomic E-state index is 13.2. The van der Waals surface area contributed by atoms with Gasteiger partial charge in [0.15, 0.2) is 0 Å². The monoisotopic (exact) mass is 168 g/mol. The van der Waals surface area contributed by atoms with E-state index in [0.717, 1.165) is 0 Å². The molecule has 3 heteroatoms. The fourth-order valence-corrected chi connectivity index (χ4v) is 1.34. The number of rotatable bonds is 0. The Hall–Kier alpha value is -1.25. The number of benzene rings is 1. The van der Waals surface area contributed by atoms with Crippen LogP contribution in [0.1, 0.15) is 18.2 Å². The molecule has 1 N–H and O–H groups in total. The molecule has 1 unspecified atom stereocenters. The summed E-state index contributed by atoms with van der Waals surface area (Å²) in [4.78, 5) is 0. The average molecular weight is 168 g/mol. The van der Waals surface area contributed by atoms with Crippen LogP contribution in [0.4, 0.5) is 4.39 Å². The first-order valence-corrected chi connectivity index (χ1v) is 3.87. The van der Waals surface area contributed by atoms with Crippen molar-refractivity contribution < 1.29 is 14.2 Å². The molecule has 0 fully saturated rings. The molecule has 0 radical (unpaired) electrons. The molecule has 1 aromatic carbocycles. The Morgan fingerprint density at radius 1 is 1.50 bits per heavy atom. The molecular formula is C9H9FO2. The fraction of sp³-hybridized carbons (Fsp3) is 0.333. The predicted octanol–water partition coefficient (Wildman–Crippen LogP) is 2.19. The van der Waals surface area contributed by atoms with E-state index in [1.807, 2.05) is 0 Å². The zero-order valence-corrected chi connectivity index (χ0v) is 6.46. The minimum absolute atomic E-state index is 0.0851. The van der Waals surface area contributed by atoms with Crippen molar-refractivity contribution in [3.63, 3.8) is 0 Å². The minimum Gasteiger partial charge on any atom is -0.508 e. The number of hydrogen-bond donors (Lipinski definition) is 1. The maximum absolute atomic E-state index is 13.2. The van der Waals surface area contributed by atoms with Gasteiger partial charge in [-0.15, -0.1) is 0 Å². The highest BCUT2D eigenvalue weighted by molar-refractivity contribution is 5.42. The van der Waals surface area contributed by atoms with Gasteiger partial charge >= 0.3 is 0 Å². The molecule has 1 heterocycles. The largest absolute Gasteiger partial charge is 0.508 e. The van der Waals surface area contributed by atoms with Crippen LogP contribution in [0.5, 0.6) is 11.5 Å². The third kappa shape index (κ3) is 1.11. The lowest BCUT2D eigenvalue weighted by atomic mass is 10.0. The normalized spacial score (nSPS) is 21.2. The lowest BCUT2D eigenvalue weighted by Crippen LogP contribution is -2.10. The number of alkyl halides is 1. The van der Waals surface area contributed by atoms with Gasteiger partial charge in [-0.2, -0.15) is 0 Å². The van der Waals surface area contributed by atoms with Crippen LogP contribution < -0.4 is 4.74 Å². The van der Waals surface area contributed by atoms with Gasteiger partial charge in [-0.3, -0.25) is 0 Å². The lowest BCUT2D eigenvalue weighted by molar-refractivity contribution is 0.199. The summed E-state index contributed by atoms with van der Waals surface area (Å²) in [5, 5.41) is 9.08. The zero-order valence-electron chi connectivity index (χ0n) is 6.46.